The van der Waals surface area contributed by atoms with E-state index in [0.29, 0.717) is 16.6 Å². The Labute approximate surface area is 189 Å². The first-order valence-corrected chi connectivity index (χ1v) is 10.3. The van der Waals surface area contributed by atoms with Crippen LogP contribution in [0.15, 0.2) is 91.0 Å². The molecule has 0 bridgehead atoms. The highest BCUT2D eigenvalue weighted by Gasteiger charge is 2.20. The number of hydrogen-bond acceptors (Lipinski definition) is 5. The molecule has 1 atom stereocenters. The first-order valence-electron chi connectivity index (χ1n) is 10.3. The molecule has 0 spiro atoms. The topological polar surface area (TPSA) is 108 Å². The quantitative estimate of drug-likeness (QED) is 0.181. The Balaban J connectivity index is 1.64. The Morgan fingerprint density at radius 3 is 2.36 bits per heavy atom. The zero-order valence-corrected chi connectivity index (χ0v) is 17.6. The number of hydroxylamine groups is 1. The van der Waals surface area contributed by atoms with Crippen LogP contribution in [-0.4, -0.2) is 22.3 Å². The fraction of sp³-hybridized carbons (Fsp3) is 0.0769. The normalized spacial score (nSPS) is 12.0. The van der Waals surface area contributed by atoms with Crippen LogP contribution in [0.2, 0.25) is 0 Å². The van der Waals surface area contributed by atoms with E-state index in [1.54, 1.807) is 30.3 Å². The molecule has 4 aromatic carbocycles. The van der Waals surface area contributed by atoms with Gasteiger partial charge in [0.05, 0.1) is 5.69 Å². The van der Waals surface area contributed by atoms with Gasteiger partial charge in [-0.3, -0.25) is 15.3 Å². The molecular weight excluding hydrogens is 420 g/mol. The molecule has 7 nitrogen and oxygen atoms in total. The van der Waals surface area contributed by atoms with E-state index in [9.17, 15) is 14.7 Å². The summed E-state index contributed by atoms with van der Waals surface area (Å²) in [6, 6.07) is 23.7. The zero-order chi connectivity index (χ0) is 23.2. The number of hydrogen-bond donors (Lipinski definition) is 4. The van der Waals surface area contributed by atoms with Crippen molar-refractivity contribution in [2.24, 2.45) is 0 Å². The predicted molar refractivity (Wildman–Crippen MR) is 126 cm³/mol. The maximum atomic E-state index is 12.9. The SMILES string of the molecule is O=C(/C=C/C[C@@H](OC(=O)Nc1cccc2ccccc12)c1ccc(O)c2ccccc12)NO. The number of nitrogens with one attached hydrogen (secondary N) is 2. The fourth-order valence-electron chi connectivity index (χ4n) is 3.76. The van der Waals surface area contributed by atoms with Crippen LogP contribution in [0.3, 0.4) is 0 Å². The molecular formula is C26H22N2O5. The summed E-state index contributed by atoms with van der Waals surface area (Å²) in [5, 5.41) is 24.9. The summed E-state index contributed by atoms with van der Waals surface area (Å²) >= 11 is 0. The van der Waals surface area contributed by atoms with Crippen molar-refractivity contribution in [2.45, 2.75) is 12.5 Å². The number of anilines is 1. The number of phenols is 1. The van der Waals surface area contributed by atoms with Crippen molar-refractivity contribution in [3.05, 3.63) is 96.6 Å². The number of fused-ring (bicyclic) bond motifs is 2. The van der Waals surface area contributed by atoms with E-state index in [2.05, 4.69) is 5.32 Å². The monoisotopic (exact) mass is 442 g/mol. The molecule has 166 valence electrons. The van der Waals surface area contributed by atoms with Gasteiger partial charge in [0.15, 0.2) is 0 Å². The van der Waals surface area contributed by atoms with E-state index in [0.717, 1.165) is 22.2 Å². The van der Waals surface area contributed by atoms with E-state index in [4.69, 9.17) is 9.94 Å². The van der Waals surface area contributed by atoms with Crippen LogP contribution in [0.1, 0.15) is 18.1 Å². The van der Waals surface area contributed by atoms with E-state index in [1.165, 1.54) is 11.6 Å². The number of phenolic OH excluding ortho intramolecular Hbond substituents is 1. The molecule has 4 rings (SSSR count). The van der Waals surface area contributed by atoms with Crippen molar-refractivity contribution in [3.8, 4) is 5.75 Å². The minimum atomic E-state index is -0.756. The average Bonchev–Trinajstić information content (AvgIpc) is 2.84. The van der Waals surface area contributed by atoms with Crippen molar-refractivity contribution in [3.63, 3.8) is 0 Å². The van der Waals surface area contributed by atoms with Gasteiger partial charge in [-0.25, -0.2) is 10.3 Å². The minimum absolute atomic E-state index is 0.114. The highest BCUT2D eigenvalue weighted by atomic mass is 16.6. The summed E-state index contributed by atoms with van der Waals surface area (Å²) < 4.78 is 5.78. The lowest BCUT2D eigenvalue weighted by atomic mass is 9.97. The molecule has 0 saturated heterocycles. The van der Waals surface area contributed by atoms with Gasteiger partial charge in [0, 0.05) is 28.8 Å². The van der Waals surface area contributed by atoms with Crippen LogP contribution >= 0.6 is 0 Å². The summed E-state index contributed by atoms with van der Waals surface area (Å²) in [5.74, 6) is -0.576. The number of rotatable bonds is 6. The number of aromatic hydroxyl groups is 1. The van der Waals surface area contributed by atoms with Crippen molar-refractivity contribution in [2.75, 3.05) is 5.32 Å². The fourth-order valence-corrected chi connectivity index (χ4v) is 3.76. The smallest absolute Gasteiger partial charge is 0.412 e. The molecule has 0 heterocycles. The molecule has 33 heavy (non-hydrogen) atoms. The molecule has 0 aliphatic rings. The molecule has 0 aliphatic heterocycles. The van der Waals surface area contributed by atoms with Crippen molar-refractivity contribution in [1.82, 2.24) is 5.48 Å². The second-order valence-electron chi connectivity index (χ2n) is 7.38. The van der Waals surface area contributed by atoms with Crippen molar-refractivity contribution in [1.29, 1.82) is 0 Å². The molecule has 0 fully saturated rings. The molecule has 0 aromatic heterocycles. The second-order valence-corrected chi connectivity index (χ2v) is 7.38. The Morgan fingerprint density at radius 2 is 1.58 bits per heavy atom. The maximum Gasteiger partial charge on any atom is 0.412 e. The summed E-state index contributed by atoms with van der Waals surface area (Å²) in [6.45, 7) is 0. The van der Waals surface area contributed by atoms with Crippen LogP contribution in [0.25, 0.3) is 21.5 Å². The van der Waals surface area contributed by atoms with Crippen LogP contribution in [0.5, 0.6) is 5.75 Å². The Morgan fingerprint density at radius 1 is 0.879 bits per heavy atom. The van der Waals surface area contributed by atoms with Gasteiger partial charge in [0.2, 0.25) is 0 Å². The molecule has 4 N–H and O–H groups in total. The summed E-state index contributed by atoms with van der Waals surface area (Å²) in [7, 11) is 0. The molecule has 0 radical (unpaired) electrons. The van der Waals surface area contributed by atoms with Crippen LogP contribution in [0, 0.1) is 0 Å². The number of benzene rings is 4. The highest BCUT2D eigenvalue weighted by Crippen LogP contribution is 2.34. The molecule has 4 aromatic rings. The zero-order valence-electron chi connectivity index (χ0n) is 17.6. The van der Waals surface area contributed by atoms with Crippen LogP contribution < -0.4 is 10.8 Å². The van der Waals surface area contributed by atoms with E-state index in [1.807, 2.05) is 48.5 Å². The van der Waals surface area contributed by atoms with E-state index in [-0.39, 0.29) is 12.2 Å². The summed E-state index contributed by atoms with van der Waals surface area (Å²) in [4.78, 5) is 24.2. The van der Waals surface area contributed by atoms with Gasteiger partial charge in [-0.05, 0) is 22.9 Å². The average molecular weight is 442 g/mol. The lowest BCUT2D eigenvalue weighted by Crippen LogP contribution is -2.18. The third-order valence-corrected chi connectivity index (χ3v) is 5.29. The van der Waals surface area contributed by atoms with Gasteiger partial charge in [-0.2, -0.15) is 0 Å². The molecule has 0 aliphatic carbocycles. The van der Waals surface area contributed by atoms with Gasteiger partial charge < -0.3 is 9.84 Å². The molecule has 0 unspecified atom stereocenters. The van der Waals surface area contributed by atoms with Gasteiger partial charge in [-0.15, -0.1) is 0 Å². The standard InChI is InChI=1S/C26H22N2O5/c29-23-16-15-21(19-10-3-4-11-20(19)23)24(13-6-14-25(30)28-32)33-26(31)27-22-12-5-8-17-7-1-2-9-18(17)22/h1-12,14-16,24,29,32H,13H2,(H,27,31)(H,28,30)/b14-6+/t24-/m1/s1. The lowest BCUT2D eigenvalue weighted by Gasteiger charge is -2.20. The maximum absolute atomic E-state index is 12.9. The van der Waals surface area contributed by atoms with Crippen molar-refractivity contribution < 1.29 is 24.6 Å². The highest BCUT2D eigenvalue weighted by molar-refractivity contribution is 6.00. The Hall–Kier alpha value is -4.36. The van der Waals surface area contributed by atoms with Gasteiger partial charge in [-0.1, -0.05) is 72.8 Å². The van der Waals surface area contributed by atoms with Gasteiger partial charge >= 0.3 is 6.09 Å². The largest absolute Gasteiger partial charge is 0.507 e. The van der Waals surface area contributed by atoms with Gasteiger partial charge in [0.25, 0.3) is 5.91 Å². The summed E-state index contributed by atoms with van der Waals surface area (Å²) in [6.07, 6.45) is 1.41. The molecule has 0 saturated carbocycles. The Bertz CT molecular complexity index is 1340. The number of amides is 2. The Kier molecular flexibility index (Phi) is 6.52. The van der Waals surface area contributed by atoms with Crippen molar-refractivity contribution >= 4 is 39.2 Å². The van der Waals surface area contributed by atoms with E-state index >= 15 is 0 Å². The molecule has 2 amide bonds. The third-order valence-electron chi connectivity index (χ3n) is 5.29. The number of carbonyl (C=O) groups excluding carboxylic acids is 2. The second kappa shape index (κ2) is 9.84. The predicted octanol–water partition coefficient (Wildman–Crippen LogP) is 5.44. The third kappa shape index (κ3) is 4.94. The van der Waals surface area contributed by atoms with Gasteiger partial charge in [0.1, 0.15) is 11.9 Å². The van der Waals surface area contributed by atoms with Crippen LogP contribution in [-0.2, 0) is 9.53 Å². The molecule has 7 heteroatoms. The number of carbonyl (C=O) groups is 2. The van der Waals surface area contributed by atoms with E-state index < -0.39 is 18.1 Å². The number of ether oxygens (including phenoxy) is 1. The minimum Gasteiger partial charge on any atom is -0.507 e. The summed E-state index contributed by atoms with van der Waals surface area (Å²) in [5.41, 5.74) is 2.81. The van der Waals surface area contributed by atoms with Crippen LogP contribution in [0.4, 0.5) is 10.5 Å². The lowest BCUT2D eigenvalue weighted by molar-refractivity contribution is -0.124. The first kappa shape index (κ1) is 21.9. The first-order chi connectivity index (χ1) is 16.1.